The average Bonchev–Trinajstić information content (AvgIpc) is 2.57. The number of aromatic hydroxyl groups is 1. The third-order valence-electron chi connectivity index (χ3n) is 5.25. The molecule has 0 aromatic heterocycles. The highest BCUT2D eigenvalue weighted by Crippen LogP contribution is 2.43. The van der Waals surface area contributed by atoms with Gasteiger partial charge in [-0.2, -0.15) is 0 Å². The zero-order valence-electron chi connectivity index (χ0n) is 15.7. The lowest BCUT2D eigenvalue weighted by atomic mass is 9.69. The maximum atomic E-state index is 10.5. The van der Waals surface area contributed by atoms with Crippen molar-refractivity contribution in [1.82, 2.24) is 0 Å². The van der Waals surface area contributed by atoms with E-state index in [9.17, 15) is 5.11 Å². The van der Waals surface area contributed by atoms with Crippen molar-refractivity contribution in [2.45, 2.75) is 103 Å². The number of phenols is 1. The van der Waals surface area contributed by atoms with Crippen molar-refractivity contribution >= 4 is 0 Å². The predicted molar refractivity (Wildman–Crippen MR) is 102 cm³/mol. The van der Waals surface area contributed by atoms with Crippen LogP contribution in [0.25, 0.3) is 0 Å². The minimum absolute atomic E-state index is 0.184. The van der Waals surface area contributed by atoms with Crippen LogP contribution in [-0.2, 0) is 5.41 Å². The summed E-state index contributed by atoms with van der Waals surface area (Å²) in [6, 6.07) is 8.09. The Bertz CT molecular complexity index is 402. The van der Waals surface area contributed by atoms with Crippen LogP contribution in [0.4, 0.5) is 0 Å². The summed E-state index contributed by atoms with van der Waals surface area (Å²) in [6.45, 7) is 6.82. The standard InChI is InChI=1S/C22H38O/c1-4-7-10-11-14-19-22(17-8-5-2,18-9-6-3)20-15-12-13-16-21(20)23/h12-13,15-16,23H,4-11,14,17-19H2,1-3H3. The lowest BCUT2D eigenvalue weighted by Gasteiger charge is -2.35. The van der Waals surface area contributed by atoms with Crippen molar-refractivity contribution in [1.29, 1.82) is 0 Å². The van der Waals surface area contributed by atoms with Gasteiger partial charge in [-0.25, -0.2) is 0 Å². The van der Waals surface area contributed by atoms with Gasteiger partial charge in [0.1, 0.15) is 5.75 Å². The lowest BCUT2D eigenvalue weighted by Crippen LogP contribution is -2.26. The number of para-hydroxylation sites is 1. The molecule has 23 heavy (non-hydrogen) atoms. The van der Waals surface area contributed by atoms with E-state index in [1.54, 1.807) is 0 Å². The van der Waals surface area contributed by atoms with Crippen molar-refractivity contribution in [2.75, 3.05) is 0 Å². The quantitative estimate of drug-likeness (QED) is 0.376. The van der Waals surface area contributed by atoms with Gasteiger partial charge < -0.3 is 5.11 Å². The summed E-state index contributed by atoms with van der Waals surface area (Å²) >= 11 is 0. The third kappa shape index (κ3) is 6.57. The molecule has 1 aromatic rings. The van der Waals surface area contributed by atoms with Crippen molar-refractivity contribution < 1.29 is 5.11 Å². The molecule has 0 spiro atoms. The number of hydrogen-bond acceptors (Lipinski definition) is 1. The Kier molecular flexibility index (Phi) is 10.1. The second-order valence-corrected chi connectivity index (χ2v) is 7.17. The Hall–Kier alpha value is -0.980. The molecule has 0 bridgehead atoms. The van der Waals surface area contributed by atoms with Gasteiger partial charge in [0.05, 0.1) is 0 Å². The summed E-state index contributed by atoms with van der Waals surface area (Å²) in [5.41, 5.74) is 1.39. The third-order valence-corrected chi connectivity index (χ3v) is 5.25. The van der Waals surface area contributed by atoms with E-state index >= 15 is 0 Å². The van der Waals surface area contributed by atoms with Crippen LogP contribution < -0.4 is 0 Å². The van der Waals surface area contributed by atoms with Gasteiger partial charge in [-0.15, -0.1) is 0 Å². The summed E-state index contributed by atoms with van der Waals surface area (Å²) in [7, 11) is 0. The molecule has 0 unspecified atom stereocenters. The van der Waals surface area contributed by atoms with Gasteiger partial charge in [-0.3, -0.25) is 0 Å². The van der Waals surface area contributed by atoms with Crippen LogP contribution in [-0.4, -0.2) is 5.11 Å². The van der Waals surface area contributed by atoms with Crippen molar-refractivity contribution in [3.05, 3.63) is 29.8 Å². The van der Waals surface area contributed by atoms with Gasteiger partial charge in [-0.1, -0.05) is 96.8 Å². The largest absolute Gasteiger partial charge is 0.508 e. The first-order chi connectivity index (χ1) is 11.2. The van der Waals surface area contributed by atoms with E-state index < -0.39 is 0 Å². The number of phenolic OH excluding ortho intramolecular Hbond substituents is 1. The molecule has 0 fully saturated rings. The lowest BCUT2D eigenvalue weighted by molar-refractivity contribution is 0.295. The molecule has 0 saturated carbocycles. The summed E-state index contributed by atoms with van der Waals surface area (Å²) in [5.74, 6) is 0.508. The van der Waals surface area contributed by atoms with Gasteiger partial charge in [0.2, 0.25) is 0 Å². The maximum Gasteiger partial charge on any atom is 0.119 e. The van der Waals surface area contributed by atoms with E-state index in [0.717, 1.165) is 0 Å². The molecule has 0 aliphatic rings. The average molecular weight is 319 g/mol. The number of hydrogen-bond donors (Lipinski definition) is 1. The minimum Gasteiger partial charge on any atom is -0.508 e. The molecule has 132 valence electrons. The fourth-order valence-corrected chi connectivity index (χ4v) is 3.80. The Labute approximate surface area is 144 Å². The van der Waals surface area contributed by atoms with Crippen LogP contribution in [0.2, 0.25) is 0 Å². The smallest absolute Gasteiger partial charge is 0.119 e. The second-order valence-electron chi connectivity index (χ2n) is 7.17. The van der Waals surface area contributed by atoms with Crippen molar-refractivity contribution in [3.8, 4) is 5.75 Å². The number of benzene rings is 1. The predicted octanol–water partition coefficient (Wildman–Crippen LogP) is 7.37. The monoisotopic (exact) mass is 318 g/mol. The first-order valence-electron chi connectivity index (χ1n) is 9.98. The molecular weight excluding hydrogens is 280 g/mol. The van der Waals surface area contributed by atoms with E-state index in [1.807, 2.05) is 12.1 Å². The number of rotatable bonds is 13. The molecular formula is C22H38O. The summed E-state index contributed by atoms with van der Waals surface area (Å²) in [5, 5.41) is 10.5. The highest BCUT2D eigenvalue weighted by atomic mass is 16.3. The maximum absolute atomic E-state index is 10.5. The molecule has 0 radical (unpaired) electrons. The van der Waals surface area contributed by atoms with E-state index in [0.29, 0.717) is 5.75 Å². The Morgan fingerprint density at radius 2 is 1.22 bits per heavy atom. The molecule has 1 aromatic carbocycles. The zero-order chi connectivity index (χ0) is 17.0. The normalized spacial score (nSPS) is 11.8. The van der Waals surface area contributed by atoms with E-state index in [1.165, 1.54) is 82.6 Å². The van der Waals surface area contributed by atoms with Crippen LogP contribution in [0.15, 0.2) is 24.3 Å². The Morgan fingerprint density at radius 3 is 1.78 bits per heavy atom. The molecule has 1 heteroatoms. The van der Waals surface area contributed by atoms with Gasteiger partial charge in [0, 0.05) is 5.56 Å². The van der Waals surface area contributed by atoms with Gasteiger partial charge in [0.15, 0.2) is 0 Å². The zero-order valence-corrected chi connectivity index (χ0v) is 15.7. The first kappa shape index (κ1) is 20.1. The van der Waals surface area contributed by atoms with E-state index in [2.05, 4.69) is 32.9 Å². The van der Waals surface area contributed by atoms with Crippen LogP contribution >= 0.6 is 0 Å². The topological polar surface area (TPSA) is 20.2 Å². The van der Waals surface area contributed by atoms with Gasteiger partial charge >= 0.3 is 0 Å². The molecule has 1 rings (SSSR count). The van der Waals surface area contributed by atoms with Crippen molar-refractivity contribution in [3.63, 3.8) is 0 Å². The summed E-state index contributed by atoms with van der Waals surface area (Å²) in [4.78, 5) is 0. The SMILES string of the molecule is CCCCCCCC(CCCC)(CCCC)c1ccccc1O. The van der Waals surface area contributed by atoms with E-state index in [4.69, 9.17) is 0 Å². The molecule has 0 amide bonds. The van der Waals surface area contributed by atoms with Gasteiger partial charge in [0.25, 0.3) is 0 Å². The highest BCUT2D eigenvalue weighted by Gasteiger charge is 2.32. The summed E-state index contributed by atoms with van der Waals surface area (Å²) in [6.07, 6.45) is 15.3. The fraction of sp³-hybridized carbons (Fsp3) is 0.727. The summed E-state index contributed by atoms with van der Waals surface area (Å²) < 4.78 is 0. The second kappa shape index (κ2) is 11.5. The Balaban J connectivity index is 2.91. The van der Waals surface area contributed by atoms with Crippen molar-refractivity contribution in [2.24, 2.45) is 0 Å². The van der Waals surface area contributed by atoms with Crippen LogP contribution in [0, 0.1) is 0 Å². The van der Waals surface area contributed by atoms with Crippen LogP contribution in [0.3, 0.4) is 0 Å². The first-order valence-corrected chi connectivity index (χ1v) is 9.98. The number of unbranched alkanes of at least 4 members (excludes halogenated alkanes) is 6. The molecule has 0 saturated heterocycles. The van der Waals surface area contributed by atoms with Gasteiger partial charge in [-0.05, 0) is 30.7 Å². The minimum atomic E-state index is 0.184. The molecule has 0 atom stereocenters. The molecule has 0 aliphatic heterocycles. The van der Waals surface area contributed by atoms with Crippen LogP contribution in [0.1, 0.15) is 103 Å². The molecule has 0 heterocycles. The molecule has 1 N–H and O–H groups in total. The fourth-order valence-electron chi connectivity index (χ4n) is 3.80. The highest BCUT2D eigenvalue weighted by molar-refractivity contribution is 5.38. The molecule has 0 aliphatic carbocycles. The van der Waals surface area contributed by atoms with Crippen LogP contribution in [0.5, 0.6) is 5.75 Å². The molecule has 1 nitrogen and oxygen atoms in total. The van der Waals surface area contributed by atoms with E-state index in [-0.39, 0.29) is 5.41 Å². The Morgan fingerprint density at radius 1 is 0.696 bits per heavy atom.